The van der Waals surface area contributed by atoms with Crippen LogP contribution in [0.25, 0.3) is 0 Å². The van der Waals surface area contributed by atoms with Crippen LogP contribution in [-0.2, 0) is 0 Å². The van der Waals surface area contributed by atoms with E-state index >= 15 is 0 Å². The van der Waals surface area contributed by atoms with Crippen LogP contribution < -0.4 is 5.32 Å². The van der Waals surface area contributed by atoms with Crippen molar-refractivity contribution in [2.75, 3.05) is 25.2 Å². The first-order valence-electron chi connectivity index (χ1n) is 5.14. The zero-order valence-corrected chi connectivity index (χ0v) is 11.9. The van der Waals surface area contributed by atoms with Gasteiger partial charge in [0.05, 0.1) is 0 Å². The first-order valence-corrected chi connectivity index (χ1v) is 8.17. The summed E-state index contributed by atoms with van der Waals surface area (Å²) in [7, 11) is 0. The van der Waals surface area contributed by atoms with Gasteiger partial charge in [-0.3, -0.25) is 0 Å². The Morgan fingerprint density at radius 3 is 2.75 bits per heavy atom. The molecule has 1 heterocycles. The van der Waals surface area contributed by atoms with Gasteiger partial charge in [-0.15, -0.1) is 10.2 Å². The largest absolute Gasteiger partial charge is 0.396 e. The summed E-state index contributed by atoms with van der Waals surface area (Å²) in [5.41, 5.74) is 0. The predicted octanol–water partition coefficient (Wildman–Crippen LogP) is 1.71. The van der Waals surface area contributed by atoms with Gasteiger partial charge in [0.2, 0.25) is 0 Å². The molecule has 0 aromatic carbocycles. The molecule has 0 aliphatic carbocycles. The van der Waals surface area contributed by atoms with Gasteiger partial charge in [0, 0.05) is 18.4 Å². The number of rotatable bonds is 8. The first-order chi connectivity index (χ1) is 7.80. The summed E-state index contributed by atoms with van der Waals surface area (Å²) in [6.07, 6.45) is 2.79. The normalized spacial score (nSPS) is 12.9. The number of nitrogens with one attached hydrogen (secondary N) is 1. The van der Waals surface area contributed by atoms with Crippen LogP contribution in [0, 0.1) is 0 Å². The third kappa shape index (κ3) is 5.01. The second-order valence-corrected chi connectivity index (χ2v) is 6.41. The molecule has 0 radical (unpaired) electrons. The lowest BCUT2D eigenvalue weighted by Gasteiger charge is -2.14. The van der Waals surface area contributed by atoms with E-state index in [-0.39, 0.29) is 6.61 Å². The van der Waals surface area contributed by atoms with Crippen LogP contribution in [-0.4, -0.2) is 46.5 Å². The molecule has 0 amide bonds. The van der Waals surface area contributed by atoms with Gasteiger partial charge >= 0.3 is 0 Å². The van der Waals surface area contributed by atoms with Crippen LogP contribution in [0.1, 0.15) is 13.3 Å². The van der Waals surface area contributed by atoms with Gasteiger partial charge in [0.25, 0.3) is 0 Å². The fourth-order valence-corrected chi connectivity index (χ4v) is 3.77. The third-order valence-corrected chi connectivity index (χ3v) is 5.14. The van der Waals surface area contributed by atoms with Crippen molar-refractivity contribution >= 4 is 34.9 Å². The Balaban J connectivity index is 2.35. The summed E-state index contributed by atoms with van der Waals surface area (Å²) in [4.78, 5) is 0. The summed E-state index contributed by atoms with van der Waals surface area (Å²) in [6, 6.07) is 0.349. The van der Waals surface area contributed by atoms with Crippen molar-refractivity contribution in [2.24, 2.45) is 0 Å². The second-order valence-electron chi connectivity index (χ2n) is 3.12. The van der Waals surface area contributed by atoms with Crippen molar-refractivity contribution < 1.29 is 5.11 Å². The molecule has 1 aromatic rings. The average Bonchev–Trinajstić information content (AvgIpc) is 2.74. The molecular formula is C9H17N3OS3. The predicted molar refractivity (Wildman–Crippen MR) is 71.6 cm³/mol. The number of aliphatic hydroxyl groups excluding tert-OH is 1. The maximum atomic E-state index is 8.92. The van der Waals surface area contributed by atoms with Crippen LogP contribution in [0.15, 0.2) is 8.68 Å². The Kier molecular flexibility index (Phi) is 7.39. The lowest BCUT2D eigenvalue weighted by atomic mass is 10.2. The highest BCUT2D eigenvalue weighted by Gasteiger charge is 2.10. The van der Waals surface area contributed by atoms with Crippen molar-refractivity contribution in [1.29, 1.82) is 0 Å². The van der Waals surface area contributed by atoms with Gasteiger partial charge in [0.15, 0.2) is 8.68 Å². The summed E-state index contributed by atoms with van der Waals surface area (Å²) < 4.78 is 2.01. The topological polar surface area (TPSA) is 58.0 Å². The van der Waals surface area contributed by atoms with E-state index in [1.165, 1.54) is 0 Å². The van der Waals surface area contributed by atoms with Gasteiger partial charge in [-0.1, -0.05) is 41.8 Å². The zero-order valence-electron chi connectivity index (χ0n) is 9.47. The van der Waals surface area contributed by atoms with Crippen molar-refractivity contribution in [3.05, 3.63) is 0 Å². The lowest BCUT2D eigenvalue weighted by Crippen LogP contribution is -2.31. The summed E-state index contributed by atoms with van der Waals surface area (Å²) in [6.45, 7) is 3.23. The molecule has 16 heavy (non-hydrogen) atoms. The van der Waals surface area contributed by atoms with Crippen molar-refractivity contribution in [3.8, 4) is 0 Å². The molecular weight excluding hydrogens is 262 g/mol. The number of nitrogens with zero attached hydrogens (tertiary/aromatic N) is 2. The van der Waals surface area contributed by atoms with Gasteiger partial charge < -0.3 is 10.4 Å². The molecule has 0 bridgehead atoms. The molecule has 92 valence electrons. The minimum absolute atomic E-state index is 0.227. The maximum Gasteiger partial charge on any atom is 0.175 e. The standard InChI is InChI=1S/C9H17N3OS3/c1-3-10-7(4-5-13)6-15-9-12-11-8(14-2)16-9/h7,10,13H,3-6H2,1-2H3. The van der Waals surface area contributed by atoms with Crippen molar-refractivity contribution in [3.63, 3.8) is 0 Å². The van der Waals surface area contributed by atoms with Crippen molar-refractivity contribution in [1.82, 2.24) is 15.5 Å². The lowest BCUT2D eigenvalue weighted by molar-refractivity contribution is 0.271. The van der Waals surface area contributed by atoms with Crippen LogP contribution in [0.2, 0.25) is 0 Å². The molecule has 2 N–H and O–H groups in total. The first kappa shape index (κ1) is 14.2. The molecule has 0 aliphatic rings. The summed E-state index contributed by atoms with van der Waals surface area (Å²) in [5.74, 6) is 0.928. The molecule has 1 aromatic heterocycles. The molecule has 0 fully saturated rings. The molecule has 0 saturated carbocycles. The van der Waals surface area contributed by atoms with Crippen LogP contribution in [0.3, 0.4) is 0 Å². The molecule has 1 unspecified atom stereocenters. The third-order valence-electron chi connectivity index (χ3n) is 1.94. The van der Waals surface area contributed by atoms with Crippen LogP contribution in [0.5, 0.6) is 0 Å². The molecule has 0 aliphatic heterocycles. The number of aliphatic hydroxyl groups is 1. The second kappa shape index (κ2) is 8.30. The fourth-order valence-electron chi connectivity index (χ4n) is 1.20. The SMILES string of the molecule is CCNC(CCO)CSc1nnc(SC)s1. The van der Waals surface area contributed by atoms with E-state index in [0.29, 0.717) is 6.04 Å². The van der Waals surface area contributed by atoms with E-state index in [1.807, 2.05) is 6.26 Å². The van der Waals surface area contributed by atoms with Gasteiger partial charge in [0.1, 0.15) is 0 Å². The van der Waals surface area contributed by atoms with Gasteiger partial charge in [-0.2, -0.15) is 0 Å². The van der Waals surface area contributed by atoms with Gasteiger partial charge in [-0.25, -0.2) is 0 Å². The minimum atomic E-state index is 0.227. The van der Waals surface area contributed by atoms with Gasteiger partial charge in [-0.05, 0) is 19.2 Å². The van der Waals surface area contributed by atoms with Crippen molar-refractivity contribution in [2.45, 2.75) is 28.1 Å². The van der Waals surface area contributed by atoms with E-state index in [4.69, 9.17) is 5.11 Å². The van der Waals surface area contributed by atoms with Crippen LogP contribution in [0.4, 0.5) is 0 Å². The molecule has 4 nitrogen and oxygen atoms in total. The Bertz CT molecular complexity index is 289. The number of thioether (sulfide) groups is 2. The summed E-state index contributed by atoms with van der Waals surface area (Å²) >= 11 is 4.95. The molecule has 7 heteroatoms. The maximum absolute atomic E-state index is 8.92. The van der Waals surface area contributed by atoms with E-state index in [0.717, 1.165) is 27.4 Å². The fraction of sp³-hybridized carbons (Fsp3) is 0.778. The highest BCUT2D eigenvalue weighted by molar-refractivity contribution is 8.03. The number of aromatic nitrogens is 2. The smallest absolute Gasteiger partial charge is 0.175 e. The monoisotopic (exact) mass is 279 g/mol. The number of hydrogen-bond donors (Lipinski definition) is 2. The van der Waals surface area contributed by atoms with E-state index < -0.39 is 0 Å². The number of hydrogen-bond acceptors (Lipinski definition) is 7. The molecule has 1 atom stereocenters. The van der Waals surface area contributed by atoms with E-state index in [9.17, 15) is 0 Å². The Hall–Kier alpha value is 0.180. The zero-order chi connectivity index (χ0) is 11.8. The highest BCUT2D eigenvalue weighted by atomic mass is 32.2. The average molecular weight is 279 g/mol. The Morgan fingerprint density at radius 2 is 2.19 bits per heavy atom. The van der Waals surface area contributed by atoms with E-state index in [2.05, 4.69) is 22.4 Å². The highest BCUT2D eigenvalue weighted by Crippen LogP contribution is 2.27. The Morgan fingerprint density at radius 1 is 1.44 bits per heavy atom. The van der Waals surface area contributed by atoms with Crippen LogP contribution >= 0.6 is 34.9 Å². The molecule has 0 spiro atoms. The molecule has 0 saturated heterocycles. The minimum Gasteiger partial charge on any atom is -0.396 e. The summed E-state index contributed by atoms with van der Waals surface area (Å²) in [5, 5.41) is 20.4. The molecule has 1 rings (SSSR count). The Labute approximate surface area is 109 Å². The van der Waals surface area contributed by atoms with E-state index in [1.54, 1.807) is 34.9 Å². The quantitative estimate of drug-likeness (QED) is 0.707.